The van der Waals surface area contributed by atoms with Crippen molar-refractivity contribution in [3.63, 3.8) is 0 Å². The first-order valence-electron chi connectivity index (χ1n) is 6.14. The molecule has 1 amide bonds. The summed E-state index contributed by atoms with van der Waals surface area (Å²) in [4.78, 5) is 23.9. The van der Waals surface area contributed by atoms with Gasteiger partial charge in [-0.05, 0) is 19.1 Å². The maximum absolute atomic E-state index is 12.2. The van der Waals surface area contributed by atoms with Crippen LogP contribution < -0.4 is 15.5 Å². The Morgan fingerprint density at radius 2 is 1.90 bits per heavy atom. The lowest BCUT2D eigenvalue weighted by atomic mass is 10.2. The number of carbonyl (C=O) groups is 1. The van der Waals surface area contributed by atoms with Crippen LogP contribution in [0.5, 0.6) is 5.75 Å². The van der Waals surface area contributed by atoms with Gasteiger partial charge in [0.1, 0.15) is 5.69 Å². The van der Waals surface area contributed by atoms with E-state index in [9.17, 15) is 9.59 Å². The number of benzene rings is 1. The molecule has 2 rings (SSSR count). The normalized spacial score (nSPS) is 10.2. The van der Waals surface area contributed by atoms with Crippen LogP contribution in [0.3, 0.4) is 0 Å². The van der Waals surface area contributed by atoms with E-state index < -0.39 is 0 Å². The molecule has 2 aromatic rings. The van der Waals surface area contributed by atoms with Crippen LogP contribution in [0.25, 0.3) is 0 Å². The van der Waals surface area contributed by atoms with Crippen LogP contribution in [0.2, 0.25) is 0 Å². The molecule has 5 nitrogen and oxygen atoms in total. The van der Waals surface area contributed by atoms with Gasteiger partial charge in [-0.3, -0.25) is 9.59 Å². The van der Waals surface area contributed by atoms with Gasteiger partial charge in [0.15, 0.2) is 5.75 Å². The number of hydrogen-bond acceptors (Lipinski definition) is 3. The van der Waals surface area contributed by atoms with E-state index in [4.69, 9.17) is 4.74 Å². The molecule has 0 saturated carbocycles. The van der Waals surface area contributed by atoms with E-state index in [1.807, 2.05) is 31.2 Å². The van der Waals surface area contributed by atoms with Crippen LogP contribution in [0, 0.1) is 6.92 Å². The summed E-state index contributed by atoms with van der Waals surface area (Å²) in [6.07, 6.45) is 1.49. The zero-order valence-electron chi connectivity index (χ0n) is 11.6. The van der Waals surface area contributed by atoms with E-state index in [0.29, 0.717) is 5.69 Å². The molecular weight excluding hydrogens is 256 g/mol. The number of rotatable bonds is 3. The second-order valence-electron chi connectivity index (χ2n) is 4.52. The van der Waals surface area contributed by atoms with Gasteiger partial charge in [0.05, 0.1) is 13.3 Å². The van der Waals surface area contributed by atoms with E-state index >= 15 is 0 Å². The van der Waals surface area contributed by atoms with E-state index in [-0.39, 0.29) is 22.8 Å². The van der Waals surface area contributed by atoms with Crippen molar-refractivity contribution in [1.82, 2.24) is 4.57 Å². The highest BCUT2D eigenvalue weighted by atomic mass is 16.5. The van der Waals surface area contributed by atoms with Crippen LogP contribution in [0.4, 0.5) is 5.69 Å². The van der Waals surface area contributed by atoms with Crippen LogP contribution >= 0.6 is 0 Å². The van der Waals surface area contributed by atoms with Crippen LogP contribution in [-0.2, 0) is 7.05 Å². The van der Waals surface area contributed by atoms with Crippen molar-refractivity contribution in [3.8, 4) is 5.75 Å². The average molecular weight is 272 g/mol. The number of ether oxygens (including phenoxy) is 1. The molecular formula is C15H16N2O3. The third-order valence-corrected chi connectivity index (χ3v) is 2.96. The van der Waals surface area contributed by atoms with Crippen molar-refractivity contribution < 1.29 is 9.53 Å². The molecule has 0 atom stereocenters. The average Bonchev–Trinajstić information content (AvgIpc) is 2.43. The predicted octanol–water partition coefficient (Wildman–Crippen LogP) is 1.95. The third kappa shape index (κ3) is 2.88. The summed E-state index contributed by atoms with van der Waals surface area (Å²) >= 11 is 0. The van der Waals surface area contributed by atoms with Gasteiger partial charge < -0.3 is 14.6 Å². The number of hydrogen-bond donors (Lipinski definition) is 1. The Morgan fingerprint density at radius 1 is 1.25 bits per heavy atom. The Labute approximate surface area is 116 Å². The number of nitrogens with one attached hydrogen (secondary N) is 1. The molecule has 20 heavy (non-hydrogen) atoms. The molecule has 0 bridgehead atoms. The fourth-order valence-electron chi connectivity index (χ4n) is 1.82. The first kappa shape index (κ1) is 13.9. The molecule has 0 radical (unpaired) electrons. The van der Waals surface area contributed by atoms with Crippen molar-refractivity contribution in [2.75, 3.05) is 12.4 Å². The van der Waals surface area contributed by atoms with Crippen molar-refractivity contribution in [2.24, 2.45) is 7.05 Å². The largest absolute Gasteiger partial charge is 0.491 e. The molecule has 1 aromatic carbocycles. The highest BCUT2D eigenvalue weighted by molar-refractivity contribution is 6.03. The second-order valence-corrected chi connectivity index (χ2v) is 4.52. The fraction of sp³-hybridized carbons (Fsp3) is 0.200. The minimum atomic E-state index is -0.337. The minimum Gasteiger partial charge on any atom is -0.491 e. The summed E-state index contributed by atoms with van der Waals surface area (Å²) in [5.41, 5.74) is 1.75. The lowest BCUT2D eigenvalue weighted by molar-refractivity contribution is 0.101. The molecule has 1 N–H and O–H groups in total. The Bertz CT molecular complexity index is 687. The molecule has 5 heteroatoms. The highest BCUT2D eigenvalue weighted by Gasteiger charge is 2.12. The van der Waals surface area contributed by atoms with Crippen molar-refractivity contribution in [2.45, 2.75) is 6.92 Å². The van der Waals surface area contributed by atoms with Gasteiger partial charge in [-0.1, -0.05) is 17.7 Å². The summed E-state index contributed by atoms with van der Waals surface area (Å²) in [6, 6.07) is 8.71. The van der Waals surface area contributed by atoms with E-state index in [1.165, 1.54) is 19.4 Å². The molecule has 1 aromatic heterocycles. The van der Waals surface area contributed by atoms with Crippen LogP contribution in [0.15, 0.2) is 41.3 Å². The van der Waals surface area contributed by atoms with Gasteiger partial charge in [0.25, 0.3) is 5.91 Å². The lowest BCUT2D eigenvalue weighted by Gasteiger charge is -2.10. The molecule has 0 spiro atoms. The summed E-state index contributed by atoms with van der Waals surface area (Å²) in [7, 11) is 3.11. The maximum atomic E-state index is 12.2. The summed E-state index contributed by atoms with van der Waals surface area (Å²) < 4.78 is 6.49. The topological polar surface area (TPSA) is 60.3 Å². The lowest BCUT2D eigenvalue weighted by Crippen LogP contribution is -2.21. The number of nitrogens with zero attached hydrogens (tertiary/aromatic N) is 1. The fourth-order valence-corrected chi connectivity index (χ4v) is 1.82. The van der Waals surface area contributed by atoms with Gasteiger partial charge in [0.2, 0.25) is 5.43 Å². The monoisotopic (exact) mass is 272 g/mol. The molecule has 0 unspecified atom stereocenters. The van der Waals surface area contributed by atoms with Gasteiger partial charge >= 0.3 is 0 Å². The maximum Gasteiger partial charge on any atom is 0.272 e. The standard InChI is InChI=1S/C15H16N2O3/c1-10-4-6-11(7-5-10)16-15(19)12-8-13(18)14(20-3)9-17(12)2/h4-9H,1-3H3,(H,16,19). The molecule has 104 valence electrons. The Morgan fingerprint density at radius 3 is 2.50 bits per heavy atom. The minimum absolute atomic E-state index is 0.208. The number of carbonyl (C=O) groups excluding carboxylic acids is 1. The summed E-state index contributed by atoms with van der Waals surface area (Å²) in [5.74, 6) is -0.129. The van der Waals surface area contributed by atoms with Crippen molar-refractivity contribution in [3.05, 3.63) is 58.0 Å². The van der Waals surface area contributed by atoms with Crippen LogP contribution in [0.1, 0.15) is 16.1 Å². The Balaban J connectivity index is 2.27. The Kier molecular flexibility index (Phi) is 3.89. The molecule has 0 aliphatic heterocycles. The van der Waals surface area contributed by atoms with Gasteiger partial charge in [0, 0.05) is 18.8 Å². The SMILES string of the molecule is COc1cn(C)c(C(=O)Nc2ccc(C)cc2)cc1=O. The smallest absolute Gasteiger partial charge is 0.272 e. The third-order valence-electron chi connectivity index (χ3n) is 2.96. The van der Waals surface area contributed by atoms with Crippen molar-refractivity contribution in [1.29, 1.82) is 0 Å². The van der Waals surface area contributed by atoms with Crippen LogP contribution in [-0.4, -0.2) is 17.6 Å². The summed E-state index contributed by atoms with van der Waals surface area (Å²) in [6.45, 7) is 1.97. The second kappa shape index (κ2) is 5.61. The first-order valence-corrected chi connectivity index (χ1v) is 6.14. The van der Waals surface area contributed by atoms with Gasteiger partial charge in [-0.2, -0.15) is 0 Å². The summed E-state index contributed by atoms with van der Waals surface area (Å²) in [5, 5.41) is 2.75. The van der Waals surface area contributed by atoms with E-state index in [2.05, 4.69) is 5.32 Å². The zero-order chi connectivity index (χ0) is 14.7. The number of amides is 1. The molecule has 0 aliphatic rings. The van der Waals surface area contributed by atoms with Gasteiger partial charge in [-0.25, -0.2) is 0 Å². The van der Waals surface area contributed by atoms with E-state index in [1.54, 1.807) is 11.6 Å². The molecule has 0 fully saturated rings. The number of aryl methyl sites for hydroxylation is 2. The number of aromatic nitrogens is 1. The Hall–Kier alpha value is -2.56. The number of methoxy groups -OCH3 is 1. The first-order chi connectivity index (χ1) is 9.51. The molecule has 1 heterocycles. The zero-order valence-corrected chi connectivity index (χ0v) is 11.6. The highest BCUT2D eigenvalue weighted by Crippen LogP contribution is 2.11. The van der Waals surface area contributed by atoms with Crippen molar-refractivity contribution >= 4 is 11.6 Å². The van der Waals surface area contributed by atoms with E-state index in [0.717, 1.165) is 5.56 Å². The quantitative estimate of drug-likeness (QED) is 0.929. The molecule has 0 saturated heterocycles. The number of pyridine rings is 1. The number of anilines is 1. The molecule has 0 aliphatic carbocycles. The predicted molar refractivity (Wildman–Crippen MR) is 77.4 cm³/mol. The van der Waals surface area contributed by atoms with Gasteiger partial charge in [-0.15, -0.1) is 0 Å².